The number of hydrogen-bond acceptors (Lipinski definition) is 3. The Kier molecular flexibility index (Phi) is 5.65. The maximum atomic E-state index is 11.7. The second-order valence-corrected chi connectivity index (χ2v) is 4.90. The number of anilines is 1. The Morgan fingerprint density at radius 1 is 1.18 bits per heavy atom. The van der Waals surface area contributed by atoms with Crippen LogP contribution in [0, 0.1) is 6.92 Å². The van der Waals surface area contributed by atoms with Gasteiger partial charge in [-0.15, -0.1) is 0 Å². The average Bonchev–Trinajstić information content (AvgIpc) is 2.48. The van der Waals surface area contributed by atoms with Crippen molar-refractivity contribution in [3.8, 4) is 11.5 Å². The number of phenols is 1. The normalized spacial score (nSPS) is 10.0. The minimum atomic E-state index is -0.304. The summed E-state index contributed by atoms with van der Waals surface area (Å²) in [4.78, 5) is 11.7. The zero-order chi connectivity index (χ0) is 15.8. The van der Waals surface area contributed by atoms with Gasteiger partial charge in [-0.25, -0.2) is 4.79 Å². The predicted octanol–water partition coefficient (Wildman–Crippen LogP) is 3.29. The molecule has 0 saturated carbocycles. The van der Waals surface area contributed by atoms with Gasteiger partial charge in [0.2, 0.25) is 0 Å². The number of nitrogens with one attached hydrogen (secondary N) is 2. The van der Waals surface area contributed by atoms with Gasteiger partial charge in [0.25, 0.3) is 0 Å². The maximum absolute atomic E-state index is 11.7. The van der Waals surface area contributed by atoms with Crippen molar-refractivity contribution in [2.75, 3.05) is 18.5 Å². The summed E-state index contributed by atoms with van der Waals surface area (Å²) in [5.41, 5.74) is 1.64. The van der Waals surface area contributed by atoms with E-state index in [1.54, 1.807) is 18.2 Å². The van der Waals surface area contributed by atoms with Crippen LogP contribution in [0.15, 0.2) is 48.5 Å². The summed E-state index contributed by atoms with van der Waals surface area (Å²) in [7, 11) is 0. The fourth-order valence-corrected chi connectivity index (χ4v) is 1.93. The van der Waals surface area contributed by atoms with E-state index in [2.05, 4.69) is 10.6 Å². The van der Waals surface area contributed by atoms with Crippen LogP contribution in [0.3, 0.4) is 0 Å². The molecule has 0 bridgehead atoms. The number of carbonyl (C=O) groups excluding carboxylic acids is 1. The van der Waals surface area contributed by atoms with Crippen molar-refractivity contribution in [2.45, 2.75) is 13.3 Å². The summed E-state index contributed by atoms with van der Waals surface area (Å²) < 4.78 is 5.65. The number of urea groups is 1. The molecular formula is C17H20N2O3. The number of rotatable bonds is 6. The summed E-state index contributed by atoms with van der Waals surface area (Å²) in [5, 5.41) is 14.7. The number of para-hydroxylation sites is 1. The standard InChI is InChI=1S/C17H20N2O3/c1-13-6-2-3-9-16(13)22-11-5-10-18-17(21)19-14-7-4-8-15(20)12-14/h2-4,6-9,12,20H,5,10-11H2,1H3,(H2,18,19,21). The molecule has 2 rings (SSSR count). The summed E-state index contributed by atoms with van der Waals surface area (Å²) in [5.74, 6) is 0.983. The topological polar surface area (TPSA) is 70.6 Å². The Hall–Kier alpha value is -2.69. The molecule has 0 saturated heterocycles. The van der Waals surface area contributed by atoms with Crippen molar-refractivity contribution >= 4 is 11.7 Å². The number of aryl methyl sites for hydroxylation is 1. The number of carbonyl (C=O) groups is 1. The molecule has 0 aliphatic carbocycles. The lowest BCUT2D eigenvalue weighted by atomic mass is 10.2. The van der Waals surface area contributed by atoms with Crippen molar-refractivity contribution in [3.63, 3.8) is 0 Å². The predicted molar refractivity (Wildman–Crippen MR) is 86.4 cm³/mol. The first-order valence-corrected chi connectivity index (χ1v) is 7.17. The molecule has 22 heavy (non-hydrogen) atoms. The van der Waals surface area contributed by atoms with Gasteiger partial charge in [-0.05, 0) is 37.1 Å². The van der Waals surface area contributed by atoms with E-state index < -0.39 is 0 Å². The molecule has 0 spiro atoms. The third kappa shape index (κ3) is 5.01. The summed E-state index contributed by atoms with van der Waals surface area (Å²) in [6.07, 6.45) is 0.710. The molecule has 2 aromatic rings. The zero-order valence-electron chi connectivity index (χ0n) is 12.5. The molecule has 0 atom stereocenters. The van der Waals surface area contributed by atoms with Crippen molar-refractivity contribution in [2.24, 2.45) is 0 Å². The number of ether oxygens (including phenoxy) is 1. The largest absolute Gasteiger partial charge is 0.508 e. The van der Waals surface area contributed by atoms with Crippen LogP contribution in [0.2, 0.25) is 0 Å². The van der Waals surface area contributed by atoms with Crippen LogP contribution in [-0.4, -0.2) is 24.3 Å². The van der Waals surface area contributed by atoms with Crippen LogP contribution in [-0.2, 0) is 0 Å². The summed E-state index contributed by atoms with van der Waals surface area (Å²) in [6, 6.07) is 13.9. The molecule has 116 valence electrons. The minimum absolute atomic E-state index is 0.115. The smallest absolute Gasteiger partial charge is 0.319 e. The minimum Gasteiger partial charge on any atom is -0.508 e. The van der Waals surface area contributed by atoms with Gasteiger partial charge >= 0.3 is 6.03 Å². The first kappa shape index (κ1) is 15.7. The average molecular weight is 300 g/mol. The lowest BCUT2D eigenvalue weighted by molar-refractivity contribution is 0.250. The number of hydrogen-bond donors (Lipinski definition) is 3. The Labute approximate surface area is 129 Å². The highest BCUT2D eigenvalue weighted by Crippen LogP contribution is 2.16. The number of aromatic hydroxyl groups is 1. The van der Waals surface area contributed by atoms with Crippen LogP contribution in [0.4, 0.5) is 10.5 Å². The summed E-state index contributed by atoms with van der Waals surface area (Å²) in [6.45, 7) is 3.05. The molecule has 3 N–H and O–H groups in total. The molecule has 0 heterocycles. The van der Waals surface area contributed by atoms with Gasteiger partial charge in [0, 0.05) is 18.3 Å². The molecule has 5 nitrogen and oxygen atoms in total. The van der Waals surface area contributed by atoms with E-state index in [-0.39, 0.29) is 11.8 Å². The fourth-order valence-electron chi connectivity index (χ4n) is 1.93. The van der Waals surface area contributed by atoms with Gasteiger partial charge in [0.15, 0.2) is 0 Å². The monoisotopic (exact) mass is 300 g/mol. The Balaban J connectivity index is 1.64. The third-order valence-corrected chi connectivity index (χ3v) is 3.06. The van der Waals surface area contributed by atoms with Gasteiger partial charge in [0.05, 0.1) is 6.61 Å². The molecule has 0 fully saturated rings. The number of amides is 2. The third-order valence-electron chi connectivity index (χ3n) is 3.06. The highest BCUT2D eigenvalue weighted by atomic mass is 16.5. The first-order valence-electron chi connectivity index (χ1n) is 7.17. The number of benzene rings is 2. The van der Waals surface area contributed by atoms with Gasteiger partial charge < -0.3 is 20.5 Å². The molecule has 0 aromatic heterocycles. The second kappa shape index (κ2) is 7.93. The molecule has 0 unspecified atom stereocenters. The fraction of sp³-hybridized carbons (Fsp3) is 0.235. The first-order chi connectivity index (χ1) is 10.6. The van der Waals surface area contributed by atoms with Crippen molar-refractivity contribution in [3.05, 3.63) is 54.1 Å². The van der Waals surface area contributed by atoms with Crippen molar-refractivity contribution in [1.29, 1.82) is 0 Å². The molecule has 0 aliphatic heterocycles. The Morgan fingerprint density at radius 3 is 2.77 bits per heavy atom. The van der Waals surface area contributed by atoms with Gasteiger partial charge in [-0.1, -0.05) is 24.3 Å². The molecule has 5 heteroatoms. The molecular weight excluding hydrogens is 280 g/mol. The van der Waals surface area contributed by atoms with Gasteiger partial charge in [-0.2, -0.15) is 0 Å². The van der Waals surface area contributed by atoms with Crippen LogP contribution in [0.1, 0.15) is 12.0 Å². The highest BCUT2D eigenvalue weighted by Gasteiger charge is 2.02. The van der Waals surface area contributed by atoms with Crippen LogP contribution >= 0.6 is 0 Å². The SMILES string of the molecule is Cc1ccccc1OCCCNC(=O)Nc1cccc(O)c1. The highest BCUT2D eigenvalue weighted by molar-refractivity contribution is 5.89. The van der Waals surface area contributed by atoms with E-state index in [1.165, 1.54) is 6.07 Å². The van der Waals surface area contributed by atoms with E-state index in [0.717, 1.165) is 11.3 Å². The van der Waals surface area contributed by atoms with Crippen molar-refractivity contribution < 1.29 is 14.6 Å². The zero-order valence-corrected chi connectivity index (χ0v) is 12.5. The van der Waals surface area contributed by atoms with E-state index >= 15 is 0 Å². The second-order valence-electron chi connectivity index (χ2n) is 4.90. The van der Waals surface area contributed by atoms with Crippen LogP contribution in [0.25, 0.3) is 0 Å². The van der Waals surface area contributed by atoms with E-state index in [4.69, 9.17) is 4.74 Å². The lowest BCUT2D eigenvalue weighted by Gasteiger charge is -2.10. The lowest BCUT2D eigenvalue weighted by Crippen LogP contribution is -2.30. The Bertz CT molecular complexity index is 629. The van der Waals surface area contributed by atoms with E-state index in [1.807, 2.05) is 31.2 Å². The molecule has 2 amide bonds. The van der Waals surface area contributed by atoms with Gasteiger partial charge in [0.1, 0.15) is 11.5 Å². The Morgan fingerprint density at radius 2 is 2.00 bits per heavy atom. The molecule has 2 aromatic carbocycles. The quantitative estimate of drug-likeness (QED) is 0.717. The van der Waals surface area contributed by atoms with Gasteiger partial charge in [-0.3, -0.25) is 0 Å². The number of phenolic OH excluding ortho intramolecular Hbond substituents is 1. The van der Waals surface area contributed by atoms with E-state index in [0.29, 0.717) is 25.3 Å². The molecule has 0 radical (unpaired) electrons. The maximum Gasteiger partial charge on any atom is 0.319 e. The van der Waals surface area contributed by atoms with Crippen molar-refractivity contribution in [1.82, 2.24) is 5.32 Å². The van der Waals surface area contributed by atoms with E-state index in [9.17, 15) is 9.90 Å². The van der Waals surface area contributed by atoms with Crippen LogP contribution < -0.4 is 15.4 Å². The summed E-state index contributed by atoms with van der Waals surface area (Å²) >= 11 is 0. The molecule has 0 aliphatic rings. The van der Waals surface area contributed by atoms with Crippen LogP contribution in [0.5, 0.6) is 11.5 Å².